The van der Waals surface area contributed by atoms with Crippen LogP contribution in [0.3, 0.4) is 0 Å². The van der Waals surface area contributed by atoms with E-state index < -0.39 is 10.0 Å². The lowest BCUT2D eigenvalue weighted by Gasteiger charge is -2.08. The van der Waals surface area contributed by atoms with E-state index in [1.807, 2.05) is 6.07 Å². The molecule has 0 radical (unpaired) electrons. The van der Waals surface area contributed by atoms with E-state index in [1.54, 1.807) is 0 Å². The fourth-order valence-corrected chi connectivity index (χ4v) is 2.89. The number of nitrogen functional groups attached to an aromatic ring is 1. The normalized spacial score (nSPS) is 10.8. The zero-order valence-corrected chi connectivity index (χ0v) is 12.3. The van der Waals surface area contributed by atoms with Gasteiger partial charge in [0, 0.05) is 6.20 Å². The number of aromatic nitrogens is 2. The van der Waals surface area contributed by atoms with Gasteiger partial charge in [0.1, 0.15) is 16.7 Å². The van der Waals surface area contributed by atoms with Gasteiger partial charge in [0.25, 0.3) is 10.0 Å². The Hall–Kier alpha value is -2.18. The van der Waals surface area contributed by atoms with Crippen LogP contribution in [0.4, 0.5) is 11.5 Å². The highest BCUT2D eigenvalue weighted by atomic mass is 79.9. The summed E-state index contributed by atoms with van der Waals surface area (Å²) in [5.74, 6) is 0.114. The molecule has 0 aliphatic rings. The summed E-state index contributed by atoms with van der Waals surface area (Å²) in [5.41, 5.74) is 6.06. The number of nitrogens with zero attached hydrogens (tertiary/aromatic N) is 3. The van der Waals surface area contributed by atoms with Crippen LogP contribution >= 0.6 is 15.9 Å². The largest absolute Gasteiger partial charge is 0.397 e. The highest BCUT2D eigenvalue weighted by molar-refractivity contribution is 9.10. The molecule has 0 aliphatic carbocycles. The van der Waals surface area contributed by atoms with Crippen LogP contribution in [0.1, 0.15) is 5.69 Å². The van der Waals surface area contributed by atoms with Crippen molar-refractivity contribution in [1.82, 2.24) is 9.97 Å². The second-order valence-corrected chi connectivity index (χ2v) is 6.23. The summed E-state index contributed by atoms with van der Waals surface area (Å²) < 4.78 is 26.9. The minimum atomic E-state index is -3.83. The number of pyridine rings is 2. The van der Waals surface area contributed by atoms with E-state index in [2.05, 4.69) is 30.6 Å². The lowest BCUT2D eigenvalue weighted by Crippen LogP contribution is -2.14. The zero-order chi connectivity index (χ0) is 14.8. The number of hydrogen-bond donors (Lipinski definition) is 2. The molecule has 2 rings (SSSR count). The van der Waals surface area contributed by atoms with E-state index in [4.69, 9.17) is 11.0 Å². The van der Waals surface area contributed by atoms with Crippen molar-refractivity contribution < 1.29 is 8.42 Å². The van der Waals surface area contributed by atoms with Crippen LogP contribution < -0.4 is 10.5 Å². The highest BCUT2D eigenvalue weighted by Crippen LogP contribution is 2.24. The van der Waals surface area contributed by atoms with Crippen molar-refractivity contribution in [2.24, 2.45) is 0 Å². The maximum Gasteiger partial charge on any atom is 0.264 e. The predicted octanol–water partition coefficient (Wildman–Crippen LogP) is 1.49. The van der Waals surface area contributed by atoms with Gasteiger partial charge in [-0.3, -0.25) is 4.72 Å². The zero-order valence-electron chi connectivity index (χ0n) is 9.91. The number of hydrogen-bond acceptors (Lipinski definition) is 6. The summed E-state index contributed by atoms with van der Waals surface area (Å²) >= 11 is 3.17. The molecule has 0 atom stereocenters. The summed E-state index contributed by atoms with van der Waals surface area (Å²) in [5, 5.41) is 8.62. The Morgan fingerprint density at radius 2 is 2.05 bits per heavy atom. The molecule has 2 aromatic heterocycles. The van der Waals surface area contributed by atoms with Gasteiger partial charge in [0.05, 0.1) is 16.4 Å². The highest BCUT2D eigenvalue weighted by Gasteiger charge is 2.17. The molecular weight excluding hydrogens is 346 g/mol. The fourth-order valence-electron chi connectivity index (χ4n) is 1.32. The molecule has 0 amide bonds. The Morgan fingerprint density at radius 1 is 1.30 bits per heavy atom. The molecule has 20 heavy (non-hydrogen) atoms. The molecule has 2 heterocycles. The van der Waals surface area contributed by atoms with E-state index in [0.717, 1.165) is 6.20 Å². The van der Waals surface area contributed by atoms with Crippen molar-refractivity contribution in [2.45, 2.75) is 4.90 Å². The van der Waals surface area contributed by atoms with Gasteiger partial charge in [0.15, 0.2) is 5.82 Å². The maximum atomic E-state index is 12.1. The molecule has 9 heteroatoms. The minimum absolute atomic E-state index is 0.0676. The molecule has 7 nitrogen and oxygen atoms in total. The quantitative estimate of drug-likeness (QED) is 0.861. The van der Waals surface area contributed by atoms with E-state index in [9.17, 15) is 8.42 Å². The third-order valence-corrected chi connectivity index (χ3v) is 4.18. The van der Waals surface area contributed by atoms with Gasteiger partial charge in [-0.25, -0.2) is 18.4 Å². The molecule has 0 saturated carbocycles. The SMILES string of the molecule is N#Cc1ccc(S(=O)(=O)Nc2ncc(N)cc2Br)cn1. The van der Waals surface area contributed by atoms with Crippen LogP contribution in [0.2, 0.25) is 0 Å². The number of anilines is 2. The lowest BCUT2D eigenvalue weighted by molar-refractivity contribution is 0.600. The van der Waals surface area contributed by atoms with Crippen LogP contribution in [0.15, 0.2) is 40.0 Å². The fraction of sp³-hybridized carbons (Fsp3) is 0. The Balaban J connectivity index is 2.33. The van der Waals surface area contributed by atoms with Crippen LogP contribution in [0, 0.1) is 11.3 Å². The second kappa shape index (κ2) is 5.44. The van der Waals surface area contributed by atoms with Gasteiger partial charge in [-0.05, 0) is 34.1 Å². The monoisotopic (exact) mass is 353 g/mol. The van der Waals surface area contributed by atoms with Crippen LogP contribution in [0.25, 0.3) is 0 Å². The molecule has 0 aromatic carbocycles. The predicted molar refractivity (Wildman–Crippen MR) is 76.1 cm³/mol. The minimum Gasteiger partial charge on any atom is -0.397 e. The number of nitriles is 1. The molecule has 0 spiro atoms. The molecule has 102 valence electrons. The average molecular weight is 354 g/mol. The molecule has 0 aliphatic heterocycles. The summed E-state index contributed by atoms with van der Waals surface area (Å²) in [6, 6.07) is 5.95. The number of halogens is 1. The third kappa shape index (κ3) is 3.04. The van der Waals surface area contributed by atoms with Gasteiger partial charge in [-0.2, -0.15) is 5.26 Å². The van der Waals surface area contributed by atoms with E-state index in [1.165, 1.54) is 24.4 Å². The Morgan fingerprint density at radius 3 is 2.60 bits per heavy atom. The van der Waals surface area contributed by atoms with E-state index >= 15 is 0 Å². The van der Waals surface area contributed by atoms with Gasteiger partial charge >= 0.3 is 0 Å². The molecular formula is C11H8BrN5O2S. The number of nitrogens with one attached hydrogen (secondary N) is 1. The molecule has 0 unspecified atom stereocenters. The van der Waals surface area contributed by atoms with E-state index in [-0.39, 0.29) is 16.4 Å². The maximum absolute atomic E-state index is 12.1. The van der Waals surface area contributed by atoms with Gasteiger partial charge in [0.2, 0.25) is 0 Å². The second-order valence-electron chi connectivity index (χ2n) is 3.70. The summed E-state index contributed by atoms with van der Waals surface area (Å²) in [6.07, 6.45) is 2.44. The van der Waals surface area contributed by atoms with Crippen LogP contribution in [0.5, 0.6) is 0 Å². The van der Waals surface area contributed by atoms with Crippen molar-refractivity contribution in [3.63, 3.8) is 0 Å². The first-order valence-corrected chi connectivity index (χ1v) is 7.50. The Bertz CT molecular complexity index is 783. The Kier molecular flexibility index (Phi) is 3.87. The van der Waals surface area contributed by atoms with Crippen molar-refractivity contribution in [2.75, 3.05) is 10.5 Å². The molecule has 0 bridgehead atoms. The topological polar surface area (TPSA) is 122 Å². The van der Waals surface area contributed by atoms with Gasteiger partial charge < -0.3 is 5.73 Å². The summed E-state index contributed by atoms with van der Waals surface area (Å²) in [6.45, 7) is 0. The summed E-state index contributed by atoms with van der Waals surface area (Å²) in [4.78, 5) is 7.53. The van der Waals surface area contributed by atoms with Crippen molar-refractivity contribution in [1.29, 1.82) is 5.26 Å². The van der Waals surface area contributed by atoms with Gasteiger partial charge in [-0.1, -0.05) is 0 Å². The smallest absolute Gasteiger partial charge is 0.264 e. The first kappa shape index (κ1) is 14.2. The first-order chi connectivity index (χ1) is 9.42. The third-order valence-electron chi connectivity index (χ3n) is 2.25. The van der Waals surface area contributed by atoms with E-state index in [0.29, 0.717) is 10.2 Å². The molecule has 0 fully saturated rings. The number of rotatable bonds is 3. The van der Waals surface area contributed by atoms with Gasteiger partial charge in [-0.15, -0.1) is 0 Å². The van der Waals surface area contributed by atoms with Crippen molar-refractivity contribution >= 4 is 37.5 Å². The lowest BCUT2D eigenvalue weighted by atomic mass is 10.4. The summed E-state index contributed by atoms with van der Waals surface area (Å²) in [7, 11) is -3.83. The molecule has 2 aromatic rings. The number of sulfonamides is 1. The van der Waals surface area contributed by atoms with Crippen molar-refractivity contribution in [3.05, 3.63) is 40.8 Å². The van der Waals surface area contributed by atoms with Crippen LogP contribution in [-0.2, 0) is 10.0 Å². The number of nitrogens with two attached hydrogens (primary N) is 1. The Labute approximate surface area is 123 Å². The average Bonchev–Trinajstić information content (AvgIpc) is 2.42. The standard InChI is InChI=1S/C11H8BrN5O2S/c12-10-3-7(14)5-16-11(10)17-20(18,19)9-2-1-8(4-13)15-6-9/h1-3,5-6H,14H2,(H,16,17). The van der Waals surface area contributed by atoms with Crippen molar-refractivity contribution in [3.8, 4) is 6.07 Å². The molecule has 3 N–H and O–H groups in total. The first-order valence-electron chi connectivity index (χ1n) is 5.22. The van der Waals surface area contributed by atoms with Crippen LogP contribution in [-0.4, -0.2) is 18.4 Å². The molecule has 0 saturated heterocycles.